The van der Waals surface area contributed by atoms with Crippen molar-refractivity contribution in [2.24, 2.45) is 0 Å². The van der Waals surface area contributed by atoms with Gasteiger partial charge in [-0.05, 0) is 30.3 Å². The lowest BCUT2D eigenvalue weighted by Crippen LogP contribution is -2.60. The van der Waals surface area contributed by atoms with Crippen molar-refractivity contribution in [3.63, 3.8) is 0 Å². The lowest BCUT2D eigenvalue weighted by Gasteiger charge is -2.41. The molecule has 7 nitrogen and oxygen atoms in total. The van der Waals surface area contributed by atoms with Crippen LogP contribution in [0.1, 0.15) is 15.9 Å². The van der Waals surface area contributed by atoms with Crippen molar-refractivity contribution in [2.45, 2.75) is 11.8 Å². The zero-order valence-electron chi connectivity index (χ0n) is 15.2. The van der Waals surface area contributed by atoms with Gasteiger partial charge in [0.15, 0.2) is 0 Å². The van der Waals surface area contributed by atoms with Gasteiger partial charge >= 0.3 is 0 Å². The van der Waals surface area contributed by atoms with Crippen molar-refractivity contribution in [3.8, 4) is 5.75 Å². The number of nitrogen functional groups attached to an aromatic ring is 1. The number of carbonyl (C=O) groups excluding carboxylic acids is 2. The lowest BCUT2D eigenvalue weighted by molar-refractivity contribution is -0.138. The largest absolute Gasteiger partial charge is 0.473 e. The van der Waals surface area contributed by atoms with Gasteiger partial charge in [-0.25, -0.2) is 0 Å². The highest BCUT2D eigenvalue weighted by molar-refractivity contribution is 6.14. The van der Waals surface area contributed by atoms with E-state index in [1.54, 1.807) is 72.8 Å². The smallest absolute Gasteiger partial charge is 0.271 e. The first-order valence-corrected chi connectivity index (χ1v) is 9.09. The number of hydrogen-bond donors (Lipinski definition) is 3. The third-order valence-electron chi connectivity index (χ3n) is 5.27. The number of ether oxygens (including phenoxy) is 1. The molecule has 0 fully saturated rings. The van der Waals surface area contributed by atoms with Crippen LogP contribution in [-0.2, 0) is 10.5 Å². The van der Waals surface area contributed by atoms with Gasteiger partial charge < -0.3 is 20.9 Å². The number of carbonyl (C=O) groups is 2. The van der Waals surface area contributed by atoms with Crippen LogP contribution in [0.3, 0.4) is 0 Å². The molecule has 0 radical (unpaired) electrons. The van der Waals surface area contributed by atoms with E-state index >= 15 is 0 Å². The molecule has 2 amide bonds. The summed E-state index contributed by atoms with van der Waals surface area (Å²) in [6.07, 6.45) is -1.40. The summed E-state index contributed by atoms with van der Waals surface area (Å²) in [5.74, 6) is -0.616. The maximum absolute atomic E-state index is 13.3. The van der Waals surface area contributed by atoms with Crippen molar-refractivity contribution in [2.75, 3.05) is 16.0 Å². The monoisotopic (exact) mass is 387 g/mol. The molecule has 3 aromatic carbocycles. The van der Waals surface area contributed by atoms with E-state index in [0.29, 0.717) is 22.8 Å². The highest BCUT2D eigenvalue weighted by atomic mass is 16.5. The fourth-order valence-electron chi connectivity index (χ4n) is 3.95. The maximum Gasteiger partial charge on any atom is 0.271 e. The number of para-hydroxylation sites is 4. The van der Waals surface area contributed by atoms with E-state index in [1.807, 2.05) is 0 Å². The van der Waals surface area contributed by atoms with Crippen LogP contribution in [0, 0.1) is 0 Å². The minimum atomic E-state index is -2.08. The minimum Gasteiger partial charge on any atom is -0.473 e. The second-order valence-electron chi connectivity index (χ2n) is 6.95. The van der Waals surface area contributed by atoms with E-state index in [4.69, 9.17) is 10.5 Å². The van der Waals surface area contributed by atoms with Gasteiger partial charge in [0.2, 0.25) is 11.8 Å². The average Bonchev–Trinajstić information content (AvgIpc) is 2.96. The normalized spacial score (nSPS) is 22.5. The molecule has 0 saturated carbocycles. The third kappa shape index (κ3) is 2.34. The number of nitrogens with zero attached hydrogens (tertiary/aromatic N) is 1. The van der Waals surface area contributed by atoms with Crippen molar-refractivity contribution in [1.29, 1.82) is 0 Å². The third-order valence-corrected chi connectivity index (χ3v) is 5.27. The fraction of sp³-hybridized carbons (Fsp3) is 0.0909. The lowest BCUT2D eigenvalue weighted by atomic mass is 9.94. The van der Waals surface area contributed by atoms with Crippen molar-refractivity contribution in [1.82, 2.24) is 0 Å². The first kappa shape index (κ1) is 17.3. The fourth-order valence-corrected chi connectivity index (χ4v) is 3.95. The molecule has 2 aliphatic heterocycles. The van der Waals surface area contributed by atoms with E-state index in [9.17, 15) is 14.7 Å². The Balaban J connectivity index is 1.72. The highest BCUT2D eigenvalue weighted by Crippen LogP contribution is 2.47. The maximum atomic E-state index is 13.3. The number of nitrogens with one attached hydrogen (secondary N) is 1. The highest BCUT2D eigenvalue weighted by Gasteiger charge is 2.59. The Labute approximate surface area is 166 Å². The van der Waals surface area contributed by atoms with E-state index in [0.717, 1.165) is 4.90 Å². The molecule has 2 atom stereocenters. The quantitative estimate of drug-likeness (QED) is 0.586. The molecular formula is C22H17N3O4. The molecule has 7 heteroatoms. The van der Waals surface area contributed by atoms with Crippen LogP contribution in [0.4, 0.5) is 17.1 Å². The molecular weight excluding hydrogens is 370 g/mol. The Morgan fingerprint density at radius 3 is 2.48 bits per heavy atom. The molecule has 5 rings (SSSR count). The zero-order chi connectivity index (χ0) is 20.2. The number of hydrogen-bond acceptors (Lipinski definition) is 5. The summed E-state index contributed by atoms with van der Waals surface area (Å²) < 4.78 is 5.93. The average molecular weight is 387 g/mol. The van der Waals surface area contributed by atoms with E-state index in [2.05, 4.69) is 5.32 Å². The van der Waals surface area contributed by atoms with Crippen LogP contribution in [0.15, 0.2) is 72.8 Å². The summed E-state index contributed by atoms with van der Waals surface area (Å²) in [7, 11) is 0. The van der Waals surface area contributed by atoms with Crippen LogP contribution in [-0.4, -0.2) is 23.0 Å². The van der Waals surface area contributed by atoms with Gasteiger partial charge in [-0.3, -0.25) is 14.5 Å². The van der Waals surface area contributed by atoms with E-state index in [-0.39, 0.29) is 11.1 Å². The van der Waals surface area contributed by atoms with E-state index in [1.165, 1.54) is 0 Å². The summed E-state index contributed by atoms with van der Waals surface area (Å²) in [5, 5.41) is 14.7. The second kappa shape index (κ2) is 6.08. The first-order chi connectivity index (χ1) is 14.0. The molecule has 0 saturated heterocycles. The van der Waals surface area contributed by atoms with Gasteiger partial charge in [0.05, 0.1) is 17.1 Å². The van der Waals surface area contributed by atoms with Gasteiger partial charge in [0.25, 0.3) is 11.8 Å². The number of benzene rings is 3. The van der Waals surface area contributed by atoms with Gasteiger partial charge in [-0.1, -0.05) is 42.5 Å². The molecule has 144 valence electrons. The first-order valence-electron chi connectivity index (χ1n) is 9.09. The van der Waals surface area contributed by atoms with Gasteiger partial charge in [0, 0.05) is 11.1 Å². The van der Waals surface area contributed by atoms with Crippen LogP contribution < -0.4 is 20.7 Å². The standard InChI is InChI=1S/C22H17N3O4/c23-15-9-3-5-11-17(15)25-21(27)13-7-1-2-8-14(13)22(25,28)19-20(26)24-16-10-4-6-12-18(16)29-19/h1-12,19,28H,23H2,(H,24,26). The second-order valence-corrected chi connectivity index (χ2v) is 6.95. The molecule has 2 unspecified atom stereocenters. The van der Waals surface area contributed by atoms with E-state index < -0.39 is 23.6 Å². The summed E-state index contributed by atoms with van der Waals surface area (Å²) in [6.45, 7) is 0. The van der Waals surface area contributed by atoms with Gasteiger partial charge in [0.1, 0.15) is 5.75 Å². The van der Waals surface area contributed by atoms with Crippen LogP contribution in [0.2, 0.25) is 0 Å². The number of nitrogens with two attached hydrogens (primary N) is 1. The van der Waals surface area contributed by atoms with Gasteiger partial charge in [-0.15, -0.1) is 0 Å². The Morgan fingerprint density at radius 1 is 0.966 bits per heavy atom. The summed E-state index contributed by atoms with van der Waals surface area (Å²) >= 11 is 0. The van der Waals surface area contributed by atoms with Crippen molar-refractivity contribution < 1.29 is 19.4 Å². The SMILES string of the molecule is Nc1ccccc1N1C(=O)c2ccccc2C1(O)C1Oc2ccccc2NC1=O. The van der Waals surface area contributed by atoms with Crippen molar-refractivity contribution in [3.05, 3.63) is 83.9 Å². The van der Waals surface area contributed by atoms with Crippen molar-refractivity contribution >= 4 is 28.9 Å². The molecule has 0 bridgehead atoms. The number of aliphatic hydroxyl groups is 1. The molecule has 0 aromatic heterocycles. The number of fused-ring (bicyclic) bond motifs is 2. The van der Waals surface area contributed by atoms with Gasteiger partial charge in [-0.2, -0.15) is 0 Å². The Kier molecular flexibility index (Phi) is 3.62. The molecule has 0 spiro atoms. The topological polar surface area (TPSA) is 105 Å². The van der Waals surface area contributed by atoms with Crippen LogP contribution in [0.5, 0.6) is 5.75 Å². The molecule has 2 heterocycles. The predicted octanol–water partition coefficient (Wildman–Crippen LogP) is 2.47. The summed E-state index contributed by atoms with van der Waals surface area (Å²) in [4.78, 5) is 27.4. The number of rotatable bonds is 2. The molecule has 29 heavy (non-hydrogen) atoms. The number of amides is 2. The Bertz CT molecular complexity index is 1160. The van der Waals surface area contributed by atoms with Crippen LogP contribution >= 0.6 is 0 Å². The molecule has 2 aliphatic rings. The molecule has 3 aromatic rings. The zero-order valence-corrected chi connectivity index (χ0v) is 15.2. The Morgan fingerprint density at radius 2 is 1.66 bits per heavy atom. The molecule has 0 aliphatic carbocycles. The summed E-state index contributed by atoms with van der Waals surface area (Å²) in [6, 6.07) is 20.2. The molecule has 4 N–H and O–H groups in total. The van der Waals surface area contributed by atoms with Crippen LogP contribution in [0.25, 0.3) is 0 Å². The summed E-state index contributed by atoms with van der Waals surface area (Å²) in [5.41, 5.74) is 5.69. The predicted molar refractivity (Wildman–Crippen MR) is 107 cm³/mol. The minimum absolute atomic E-state index is 0.285. The Hall–Kier alpha value is -3.84. The number of anilines is 3.